The van der Waals surface area contributed by atoms with Crippen LogP contribution in [0.3, 0.4) is 0 Å². The topological polar surface area (TPSA) is 29.5 Å². The number of unbranched alkanes of at least 4 members (excludes halogenated alkanes) is 1. The Morgan fingerprint density at radius 2 is 1.76 bits per heavy atom. The van der Waals surface area contributed by atoms with Gasteiger partial charge in [0.2, 0.25) is 0 Å². The molecule has 1 aromatic rings. The Morgan fingerprint density at radius 3 is 2.24 bits per heavy atom. The molecule has 0 aliphatic rings. The molecule has 0 radical (unpaired) electrons. The fraction of sp³-hybridized carbons (Fsp3) is 0.579. The monoisotopic (exact) mass is 292 g/mol. The molecule has 0 spiro atoms. The maximum absolute atomic E-state index is 8.72. The van der Waals surface area contributed by atoms with Crippen molar-refractivity contribution in [3.8, 4) is 5.75 Å². The van der Waals surface area contributed by atoms with Gasteiger partial charge in [0.1, 0.15) is 5.75 Å². The van der Waals surface area contributed by atoms with E-state index >= 15 is 0 Å². The van der Waals surface area contributed by atoms with Crippen molar-refractivity contribution >= 4 is 6.08 Å². The van der Waals surface area contributed by atoms with Crippen LogP contribution in [-0.2, 0) is 0 Å². The van der Waals surface area contributed by atoms with Gasteiger partial charge in [-0.1, -0.05) is 52.8 Å². The number of hydrogen-bond acceptors (Lipinski definition) is 2. The maximum atomic E-state index is 8.72. The minimum absolute atomic E-state index is 0.244. The van der Waals surface area contributed by atoms with Gasteiger partial charge in [-0.05, 0) is 42.4 Å². The molecule has 0 saturated carbocycles. The van der Waals surface area contributed by atoms with E-state index in [0.29, 0.717) is 5.92 Å². The van der Waals surface area contributed by atoms with E-state index in [2.05, 4.69) is 58.9 Å². The van der Waals surface area contributed by atoms with E-state index in [1.807, 2.05) is 6.07 Å². The first-order chi connectivity index (χ1) is 9.92. The Balaban J connectivity index is 0.000000885. The van der Waals surface area contributed by atoms with Gasteiger partial charge >= 0.3 is 0 Å². The van der Waals surface area contributed by atoms with Crippen LogP contribution >= 0.6 is 0 Å². The van der Waals surface area contributed by atoms with Crippen LogP contribution in [0.15, 0.2) is 24.3 Å². The Labute approximate surface area is 130 Å². The number of ether oxygens (including phenoxy) is 1. The highest BCUT2D eigenvalue weighted by Gasteiger charge is 2.04. The summed E-state index contributed by atoms with van der Waals surface area (Å²) < 4.78 is 5.34. The fourth-order valence-corrected chi connectivity index (χ4v) is 1.66. The molecule has 0 unspecified atom stereocenters. The van der Waals surface area contributed by atoms with Gasteiger partial charge in [0.05, 0.1) is 7.11 Å². The Morgan fingerprint density at radius 1 is 1.14 bits per heavy atom. The minimum atomic E-state index is 0.244. The molecule has 0 saturated heterocycles. The molecule has 0 aromatic heterocycles. The highest BCUT2D eigenvalue weighted by Crippen LogP contribution is 2.25. The molecule has 2 nitrogen and oxygen atoms in total. The van der Waals surface area contributed by atoms with E-state index in [-0.39, 0.29) is 6.61 Å². The van der Waals surface area contributed by atoms with Crippen LogP contribution in [0.5, 0.6) is 5.75 Å². The largest absolute Gasteiger partial charge is 0.496 e. The molecule has 21 heavy (non-hydrogen) atoms. The number of hydrogen-bond donors (Lipinski definition) is 1. The zero-order chi connectivity index (χ0) is 16.3. The molecular weight excluding hydrogens is 260 g/mol. The molecule has 120 valence electrons. The van der Waals surface area contributed by atoms with Crippen LogP contribution < -0.4 is 4.74 Å². The third-order valence-electron chi connectivity index (χ3n) is 2.75. The zero-order valence-corrected chi connectivity index (χ0v) is 14.5. The molecule has 0 bridgehead atoms. The molecule has 0 fully saturated rings. The van der Waals surface area contributed by atoms with Crippen molar-refractivity contribution in [3.05, 3.63) is 35.4 Å². The lowest BCUT2D eigenvalue weighted by Crippen LogP contribution is -1.92. The second-order valence-corrected chi connectivity index (χ2v) is 6.16. The molecule has 0 amide bonds. The second kappa shape index (κ2) is 11.4. The number of allylic oxidation sites excluding steroid dienone is 1. The molecule has 0 atom stereocenters. The number of methoxy groups -OCH3 is 1. The minimum Gasteiger partial charge on any atom is -0.496 e. The van der Waals surface area contributed by atoms with Crippen molar-refractivity contribution in [2.45, 2.75) is 53.4 Å². The smallest absolute Gasteiger partial charge is 0.126 e. The van der Waals surface area contributed by atoms with Gasteiger partial charge in [-0.3, -0.25) is 0 Å². The first-order valence-electron chi connectivity index (χ1n) is 7.87. The van der Waals surface area contributed by atoms with Crippen LogP contribution in [0.4, 0.5) is 0 Å². The van der Waals surface area contributed by atoms with E-state index in [1.54, 1.807) is 7.11 Å². The van der Waals surface area contributed by atoms with E-state index in [0.717, 1.165) is 30.1 Å². The van der Waals surface area contributed by atoms with Gasteiger partial charge in [-0.25, -0.2) is 0 Å². The molecule has 1 aromatic carbocycles. The van der Waals surface area contributed by atoms with Gasteiger partial charge in [-0.15, -0.1) is 0 Å². The number of rotatable bonds is 6. The van der Waals surface area contributed by atoms with Crippen molar-refractivity contribution in [3.63, 3.8) is 0 Å². The van der Waals surface area contributed by atoms with Crippen LogP contribution in [0.25, 0.3) is 6.08 Å². The average Bonchev–Trinajstić information content (AvgIpc) is 2.42. The van der Waals surface area contributed by atoms with Crippen LogP contribution in [0.2, 0.25) is 0 Å². The number of aliphatic hydroxyl groups excluding tert-OH is 1. The first kappa shape index (κ1) is 19.7. The molecule has 0 aliphatic heterocycles. The first-order valence-corrected chi connectivity index (χ1v) is 7.87. The third kappa shape index (κ3) is 9.30. The summed E-state index contributed by atoms with van der Waals surface area (Å²) in [6, 6.07) is 6.29. The number of aliphatic hydroxyl groups is 1. The van der Waals surface area contributed by atoms with E-state index in [9.17, 15) is 0 Å². The zero-order valence-electron chi connectivity index (χ0n) is 14.5. The summed E-state index contributed by atoms with van der Waals surface area (Å²) in [5, 5.41) is 8.72. The van der Waals surface area contributed by atoms with E-state index in [4.69, 9.17) is 9.84 Å². The maximum Gasteiger partial charge on any atom is 0.126 e. The predicted molar refractivity (Wildman–Crippen MR) is 92.9 cm³/mol. The summed E-state index contributed by atoms with van der Waals surface area (Å²) in [6.45, 7) is 11.1. The lowest BCUT2D eigenvalue weighted by atomic mass is 10.00. The second-order valence-electron chi connectivity index (χ2n) is 6.16. The van der Waals surface area contributed by atoms with Gasteiger partial charge in [0, 0.05) is 12.2 Å². The molecule has 2 heteroatoms. The number of benzene rings is 1. The van der Waals surface area contributed by atoms with Crippen LogP contribution in [0.1, 0.15) is 64.5 Å². The summed E-state index contributed by atoms with van der Waals surface area (Å²) in [7, 11) is 1.69. The van der Waals surface area contributed by atoms with Gasteiger partial charge < -0.3 is 9.84 Å². The molecule has 1 rings (SSSR count). The lowest BCUT2D eigenvalue weighted by molar-refractivity contribution is 0.290. The van der Waals surface area contributed by atoms with Crippen molar-refractivity contribution in [2.24, 2.45) is 5.92 Å². The Kier molecular flexibility index (Phi) is 10.7. The summed E-state index contributed by atoms with van der Waals surface area (Å²) in [5.41, 5.74) is 2.42. The SMILES string of the molecule is CC(C)C.COc1ccc(C(C)C)cc1/C=C/CCCO. The fourth-order valence-electron chi connectivity index (χ4n) is 1.66. The van der Waals surface area contributed by atoms with Crippen molar-refractivity contribution in [1.29, 1.82) is 0 Å². The molecular formula is C19H32O2. The van der Waals surface area contributed by atoms with Crippen LogP contribution in [-0.4, -0.2) is 18.8 Å². The van der Waals surface area contributed by atoms with Crippen LogP contribution in [0, 0.1) is 5.92 Å². The normalized spacial score (nSPS) is 10.9. The standard InChI is InChI=1S/C15H22O2.C4H10/c1-12(2)13-8-9-15(17-3)14(11-13)7-5-4-6-10-16;1-4(2)3/h5,7-9,11-12,16H,4,6,10H2,1-3H3;4H,1-3H3/b7-5+;. The van der Waals surface area contributed by atoms with E-state index in [1.165, 1.54) is 5.56 Å². The summed E-state index contributed by atoms with van der Waals surface area (Å²) in [5.74, 6) is 2.25. The van der Waals surface area contributed by atoms with Crippen molar-refractivity contribution < 1.29 is 9.84 Å². The quantitative estimate of drug-likeness (QED) is 0.724. The molecule has 0 heterocycles. The highest BCUT2D eigenvalue weighted by atomic mass is 16.5. The van der Waals surface area contributed by atoms with Gasteiger partial charge in [0.15, 0.2) is 0 Å². The highest BCUT2D eigenvalue weighted by molar-refractivity contribution is 5.58. The summed E-state index contributed by atoms with van der Waals surface area (Å²) in [4.78, 5) is 0. The Bertz CT molecular complexity index is 403. The molecule has 1 N–H and O–H groups in total. The van der Waals surface area contributed by atoms with Gasteiger partial charge in [-0.2, -0.15) is 0 Å². The molecule has 0 aliphatic carbocycles. The summed E-state index contributed by atoms with van der Waals surface area (Å²) >= 11 is 0. The predicted octanol–water partition coefficient (Wildman–Crippen LogP) is 5.27. The van der Waals surface area contributed by atoms with Gasteiger partial charge in [0.25, 0.3) is 0 Å². The Hall–Kier alpha value is -1.28. The van der Waals surface area contributed by atoms with E-state index < -0.39 is 0 Å². The summed E-state index contributed by atoms with van der Waals surface area (Å²) in [6.07, 6.45) is 5.85. The van der Waals surface area contributed by atoms with Crippen molar-refractivity contribution in [2.75, 3.05) is 13.7 Å². The average molecular weight is 292 g/mol. The van der Waals surface area contributed by atoms with Crippen molar-refractivity contribution in [1.82, 2.24) is 0 Å². The lowest BCUT2D eigenvalue weighted by Gasteiger charge is -2.10. The third-order valence-corrected chi connectivity index (χ3v) is 2.75.